The second kappa shape index (κ2) is 5.32. The molecule has 0 radical (unpaired) electrons. The molecule has 1 saturated heterocycles. The maximum absolute atomic E-state index is 5.99. The number of ether oxygens (including phenoxy) is 1. The number of hydrogen-bond acceptors (Lipinski definition) is 2. The molecule has 0 atom stereocenters. The van der Waals surface area contributed by atoms with Crippen molar-refractivity contribution in [1.82, 2.24) is 4.90 Å². The molecule has 0 amide bonds. The Kier molecular flexibility index (Phi) is 3.54. The van der Waals surface area contributed by atoms with Crippen LogP contribution >= 0.6 is 0 Å². The monoisotopic (exact) mass is 255 g/mol. The van der Waals surface area contributed by atoms with Crippen molar-refractivity contribution < 1.29 is 4.74 Å². The molecule has 2 heterocycles. The van der Waals surface area contributed by atoms with Crippen LogP contribution in [0.2, 0.25) is 0 Å². The molecular weight excluding hydrogens is 234 g/mol. The first-order valence-electron chi connectivity index (χ1n) is 7.06. The third kappa shape index (κ3) is 2.51. The molecule has 0 bridgehead atoms. The van der Waals surface area contributed by atoms with E-state index < -0.39 is 0 Å². The van der Waals surface area contributed by atoms with Gasteiger partial charge in [0, 0.05) is 19.6 Å². The zero-order chi connectivity index (χ0) is 13.1. The quantitative estimate of drug-likeness (QED) is 0.822. The van der Waals surface area contributed by atoms with Crippen LogP contribution in [0.1, 0.15) is 18.4 Å². The zero-order valence-electron chi connectivity index (χ0n) is 11.3. The molecule has 0 saturated carbocycles. The average Bonchev–Trinajstić information content (AvgIpc) is 2.85. The van der Waals surface area contributed by atoms with Crippen LogP contribution in [0.3, 0.4) is 0 Å². The lowest BCUT2D eigenvalue weighted by atomic mass is 9.84. The smallest absolute Gasteiger partial charge is 0.0957 e. The number of piperidine rings is 1. The van der Waals surface area contributed by atoms with Crippen LogP contribution < -0.4 is 0 Å². The molecule has 2 aliphatic rings. The standard InChI is InChI=1S/C17H21NO/c1-2-16-8-13-19-17(16)9-11-18(12-10-17)14-15-6-4-3-5-7-15/h2-8H,1,9-14H2. The minimum atomic E-state index is -0.0328. The number of benzene rings is 1. The molecule has 2 nitrogen and oxygen atoms in total. The Bertz CT molecular complexity index is 469. The molecule has 0 aliphatic carbocycles. The lowest BCUT2D eigenvalue weighted by Crippen LogP contribution is -2.45. The van der Waals surface area contributed by atoms with Crippen molar-refractivity contribution in [3.63, 3.8) is 0 Å². The van der Waals surface area contributed by atoms with E-state index in [0.717, 1.165) is 39.1 Å². The van der Waals surface area contributed by atoms with Crippen molar-refractivity contribution in [2.45, 2.75) is 25.0 Å². The van der Waals surface area contributed by atoms with Gasteiger partial charge in [-0.05, 0) is 24.0 Å². The van der Waals surface area contributed by atoms with Gasteiger partial charge in [-0.1, -0.05) is 49.1 Å². The summed E-state index contributed by atoms with van der Waals surface area (Å²) in [6.45, 7) is 7.91. The van der Waals surface area contributed by atoms with E-state index in [1.54, 1.807) is 0 Å². The second-order valence-electron chi connectivity index (χ2n) is 5.43. The van der Waals surface area contributed by atoms with Crippen molar-refractivity contribution in [1.29, 1.82) is 0 Å². The summed E-state index contributed by atoms with van der Waals surface area (Å²) in [5.74, 6) is 0. The number of likely N-dealkylation sites (tertiary alicyclic amines) is 1. The van der Waals surface area contributed by atoms with E-state index in [1.807, 2.05) is 6.08 Å². The Balaban J connectivity index is 1.61. The minimum absolute atomic E-state index is 0.0328. The first-order valence-corrected chi connectivity index (χ1v) is 7.06. The van der Waals surface area contributed by atoms with Crippen LogP contribution in [0.4, 0.5) is 0 Å². The molecule has 3 rings (SSSR count). The van der Waals surface area contributed by atoms with Gasteiger partial charge in [-0.25, -0.2) is 0 Å². The van der Waals surface area contributed by atoms with Gasteiger partial charge < -0.3 is 4.74 Å². The second-order valence-corrected chi connectivity index (χ2v) is 5.43. The van der Waals surface area contributed by atoms with Crippen molar-refractivity contribution in [2.75, 3.05) is 19.7 Å². The van der Waals surface area contributed by atoms with Gasteiger partial charge in [0.1, 0.15) is 0 Å². The van der Waals surface area contributed by atoms with Crippen molar-refractivity contribution in [3.8, 4) is 0 Å². The lowest BCUT2D eigenvalue weighted by molar-refractivity contribution is -0.0295. The Labute approximate surface area is 115 Å². The summed E-state index contributed by atoms with van der Waals surface area (Å²) in [5, 5.41) is 0. The molecule has 0 aromatic heterocycles. The fourth-order valence-corrected chi connectivity index (χ4v) is 3.18. The first kappa shape index (κ1) is 12.6. The van der Waals surface area contributed by atoms with E-state index in [0.29, 0.717) is 0 Å². The summed E-state index contributed by atoms with van der Waals surface area (Å²) in [5.41, 5.74) is 2.66. The summed E-state index contributed by atoms with van der Waals surface area (Å²) in [7, 11) is 0. The van der Waals surface area contributed by atoms with Crippen molar-refractivity contribution >= 4 is 0 Å². The Morgan fingerprint density at radius 3 is 2.63 bits per heavy atom. The van der Waals surface area contributed by atoms with E-state index in [1.165, 1.54) is 11.1 Å². The van der Waals surface area contributed by atoms with E-state index in [4.69, 9.17) is 4.74 Å². The van der Waals surface area contributed by atoms with Crippen LogP contribution in [0.5, 0.6) is 0 Å². The highest BCUT2D eigenvalue weighted by molar-refractivity contribution is 5.32. The molecule has 19 heavy (non-hydrogen) atoms. The van der Waals surface area contributed by atoms with E-state index >= 15 is 0 Å². The van der Waals surface area contributed by atoms with Crippen LogP contribution in [0.25, 0.3) is 0 Å². The van der Waals surface area contributed by atoms with Crippen LogP contribution in [0, 0.1) is 0 Å². The SMILES string of the molecule is C=CC1=CCOC12CCN(Cc1ccccc1)CC2. The number of nitrogens with zero attached hydrogens (tertiary/aromatic N) is 1. The van der Waals surface area contributed by atoms with E-state index in [-0.39, 0.29) is 5.60 Å². The summed E-state index contributed by atoms with van der Waals surface area (Å²) in [6, 6.07) is 10.7. The molecule has 1 aromatic rings. The predicted octanol–water partition coefficient (Wildman–Crippen LogP) is 3.16. The molecule has 1 aromatic carbocycles. The van der Waals surface area contributed by atoms with Gasteiger partial charge in [-0.15, -0.1) is 0 Å². The van der Waals surface area contributed by atoms with Gasteiger partial charge in [0.2, 0.25) is 0 Å². The first-order chi connectivity index (χ1) is 9.32. The van der Waals surface area contributed by atoms with Gasteiger partial charge in [-0.3, -0.25) is 4.90 Å². The molecule has 2 aliphatic heterocycles. The topological polar surface area (TPSA) is 12.5 Å². The summed E-state index contributed by atoms with van der Waals surface area (Å²) < 4.78 is 5.99. The van der Waals surface area contributed by atoms with Crippen LogP contribution in [0.15, 0.2) is 54.6 Å². The Hall–Kier alpha value is -1.38. The molecule has 1 fully saturated rings. The zero-order valence-corrected chi connectivity index (χ0v) is 11.3. The number of hydrogen-bond donors (Lipinski definition) is 0. The average molecular weight is 255 g/mol. The summed E-state index contributed by atoms with van der Waals surface area (Å²) in [4.78, 5) is 2.52. The summed E-state index contributed by atoms with van der Waals surface area (Å²) in [6.07, 6.45) is 6.31. The molecular formula is C17H21NO. The number of rotatable bonds is 3. The molecule has 1 spiro atoms. The van der Waals surface area contributed by atoms with Gasteiger partial charge in [0.25, 0.3) is 0 Å². The molecule has 0 N–H and O–H groups in total. The highest BCUT2D eigenvalue weighted by Crippen LogP contribution is 2.37. The Morgan fingerprint density at radius 1 is 1.21 bits per heavy atom. The maximum atomic E-state index is 5.99. The van der Waals surface area contributed by atoms with Gasteiger partial charge >= 0.3 is 0 Å². The van der Waals surface area contributed by atoms with Gasteiger partial charge in [0.15, 0.2) is 0 Å². The highest BCUT2D eigenvalue weighted by Gasteiger charge is 2.40. The van der Waals surface area contributed by atoms with Crippen molar-refractivity contribution in [2.24, 2.45) is 0 Å². The molecule has 2 heteroatoms. The van der Waals surface area contributed by atoms with E-state index in [9.17, 15) is 0 Å². The van der Waals surface area contributed by atoms with Crippen LogP contribution in [-0.4, -0.2) is 30.2 Å². The minimum Gasteiger partial charge on any atom is -0.366 e. The summed E-state index contributed by atoms with van der Waals surface area (Å²) >= 11 is 0. The van der Waals surface area contributed by atoms with Crippen molar-refractivity contribution in [3.05, 3.63) is 60.2 Å². The molecule has 100 valence electrons. The molecule has 0 unspecified atom stereocenters. The largest absolute Gasteiger partial charge is 0.366 e. The Morgan fingerprint density at radius 2 is 1.95 bits per heavy atom. The third-order valence-corrected chi connectivity index (χ3v) is 4.32. The van der Waals surface area contributed by atoms with E-state index in [2.05, 4.69) is 47.9 Å². The fourth-order valence-electron chi connectivity index (χ4n) is 3.18. The fraction of sp³-hybridized carbons (Fsp3) is 0.412. The normalized spacial score (nSPS) is 22.4. The highest BCUT2D eigenvalue weighted by atomic mass is 16.5. The van der Waals surface area contributed by atoms with Gasteiger partial charge in [0.05, 0.1) is 12.2 Å². The lowest BCUT2D eigenvalue weighted by Gasteiger charge is -2.40. The maximum Gasteiger partial charge on any atom is 0.0957 e. The predicted molar refractivity (Wildman–Crippen MR) is 77.9 cm³/mol. The third-order valence-electron chi connectivity index (χ3n) is 4.32. The van der Waals surface area contributed by atoms with Crippen LogP contribution in [-0.2, 0) is 11.3 Å². The van der Waals surface area contributed by atoms with Gasteiger partial charge in [-0.2, -0.15) is 0 Å².